The van der Waals surface area contributed by atoms with Crippen molar-refractivity contribution in [3.63, 3.8) is 0 Å². The number of benzene rings is 1. The van der Waals surface area contributed by atoms with E-state index in [1.54, 1.807) is 18.2 Å². The number of hydrogen-bond acceptors (Lipinski definition) is 2. The average Bonchev–Trinajstić information content (AvgIpc) is 2.68. The van der Waals surface area contributed by atoms with Crippen LogP contribution in [0.3, 0.4) is 0 Å². The molecule has 26 heavy (non-hydrogen) atoms. The highest BCUT2D eigenvalue weighted by atomic mass is 19.1. The molecule has 2 saturated carbocycles. The maximum Gasteiger partial charge on any atom is 0.196 e. The van der Waals surface area contributed by atoms with E-state index in [2.05, 4.69) is 0 Å². The van der Waals surface area contributed by atoms with Crippen molar-refractivity contribution in [2.75, 3.05) is 6.61 Å². The number of rotatable bonds is 5. The summed E-state index contributed by atoms with van der Waals surface area (Å²) in [5.74, 6) is 0.508. The summed E-state index contributed by atoms with van der Waals surface area (Å²) >= 11 is 0. The van der Waals surface area contributed by atoms with Gasteiger partial charge in [0.25, 0.3) is 0 Å². The van der Waals surface area contributed by atoms with Crippen LogP contribution in [-0.4, -0.2) is 12.7 Å². The van der Waals surface area contributed by atoms with Crippen LogP contribution in [0.15, 0.2) is 36.2 Å². The van der Waals surface area contributed by atoms with Gasteiger partial charge in [0, 0.05) is 6.61 Å². The van der Waals surface area contributed by atoms with Crippen LogP contribution < -0.4 is 0 Å². The molecule has 0 bridgehead atoms. The number of halogens is 2. The van der Waals surface area contributed by atoms with E-state index in [0.717, 1.165) is 58.0 Å². The summed E-state index contributed by atoms with van der Waals surface area (Å²) in [6.45, 7) is 0.813. The molecule has 0 heterocycles. The van der Waals surface area contributed by atoms with Gasteiger partial charge in [-0.2, -0.15) is 9.65 Å². The Morgan fingerprint density at radius 1 is 1.04 bits per heavy atom. The van der Waals surface area contributed by atoms with Gasteiger partial charge in [-0.05, 0) is 92.9 Å². The van der Waals surface area contributed by atoms with E-state index in [1.165, 1.54) is 11.6 Å². The molecule has 0 atom stereocenters. The summed E-state index contributed by atoms with van der Waals surface area (Å²) in [7, 11) is 0. The third-order valence-electron chi connectivity index (χ3n) is 5.96. The highest BCUT2D eigenvalue weighted by molar-refractivity contribution is 5.20. The van der Waals surface area contributed by atoms with Crippen LogP contribution in [0, 0.1) is 29.0 Å². The van der Waals surface area contributed by atoms with E-state index < -0.39 is 5.83 Å². The average molecular weight is 359 g/mol. The van der Waals surface area contributed by atoms with Crippen molar-refractivity contribution in [3.8, 4) is 6.07 Å². The molecule has 0 spiro atoms. The van der Waals surface area contributed by atoms with Gasteiger partial charge >= 0.3 is 0 Å². The van der Waals surface area contributed by atoms with Crippen molar-refractivity contribution in [3.05, 3.63) is 47.5 Å². The molecule has 0 radical (unpaired) electrons. The SMILES string of the molecule is N#CC(F)=CC1CCC(OCC2CCC(c3ccc(F)cc3)CC2)CC1. The van der Waals surface area contributed by atoms with Crippen molar-refractivity contribution in [2.24, 2.45) is 11.8 Å². The molecule has 3 rings (SSSR count). The minimum atomic E-state index is -0.660. The predicted octanol–water partition coefficient (Wildman–Crippen LogP) is 6.05. The van der Waals surface area contributed by atoms with Gasteiger partial charge in [-0.3, -0.25) is 0 Å². The standard InChI is InChI=1S/C22H27F2NO/c23-20-9-7-19(8-10-20)18-5-1-17(2-6-18)15-26-22-11-3-16(4-12-22)13-21(24)14-25/h7-10,13,16-18,22H,1-6,11-12,15H2. The van der Waals surface area contributed by atoms with Crippen molar-refractivity contribution in [1.82, 2.24) is 0 Å². The fraction of sp³-hybridized carbons (Fsp3) is 0.591. The third-order valence-corrected chi connectivity index (χ3v) is 5.96. The Morgan fingerprint density at radius 3 is 2.31 bits per heavy atom. The minimum absolute atomic E-state index is 0.170. The summed E-state index contributed by atoms with van der Waals surface area (Å²) in [6.07, 6.45) is 10.0. The smallest absolute Gasteiger partial charge is 0.196 e. The Kier molecular flexibility index (Phi) is 6.80. The Hall–Kier alpha value is -1.73. The first-order chi connectivity index (χ1) is 12.6. The molecular weight excluding hydrogens is 332 g/mol. The normalized spacial score (nSPS) is 30.0. The molecule has 2 aliphatic rings. The molecule has 0 saturated heterocycles. The second-order valence-corrected chi connectivity index (χ2v) is 7.77. The van der Waals surface area contributed by atoms with Crippen LogP contribution in [0.2, 0.25) is 0 Å². The molecule has 0 amide bonds. The number of ether oxygens (including phenoxy) is 1. The van der Waals surface area contributed by atoms with Crippen molar-refractivity contribution < 1.29 is 13.5 Å². The number of nitriles is 1. The van der Waals surface area contributed by atoms with Gasteiger partial charge in [-0.25, -0.2) is 4.39 Å². The summed E-state index contributed by atoms with van der Waals surface area (Å²) in [4.78, 5) is 0. The van der Waals surface area contributed by atoms with Crippen LogP contribution in [0.5, 0.6) is 0 Å². The second-order valence-electron chi connectivity index (χ2n) is 7.77. The lowest BCUT2D eigenvalue weighted by molar-refractivity contribution is -0.00465. The van der Waals surface area contributed by atoms with Gasteiger partial charge in [0.05, 0.1) is 6.10 Å². The zero-order valence-electron chi connectivity index (χ0n) is 15.2. The van der Waals surface area contributed by atoms with E-state index in [1.807, 2.05) is 12.1 Å². The summed E-state index contributed by atoms with van der Waals surface area (Å²) < 4.78 is 32.2. The maximum atomic E-state index is 13.0. The lowest BCUT2D eigenvalue weighted by atomic mass is 9.79. The van der Waals surface area contributed by atoms with Gasteiger partial charge in [-0.1, -0.05) is 12.1 Å². The Morgan fingerprint density at radius 2 is 1.69 bits per heavy atom. The van der Waals surface area contributed by atoms with Crippen LogP contribution in [-0.2, 0) is 4.74 Å². The Labute approximate surface area is 154 Å². The van der Waals surface area contributed by atoms with Crippen LogP contribution in [0.25, 0.3) is 0 Å². The molecule has 0 N–H and O–H groups in total. The fourth-order valence-electron chi connectivity index (χ4n) is 4.34. The molecule has 2 nitrogen and oxygen atoms in total. The molecule has 140 valence electrons. The van der Waals surface area contributed by atoms with Crippen molar-refractivity contribution in [1.29, 1.82) is 5.26 Å². The fourth-order valence-corrected chi connectivity index (χ4v) is 4.34. The Balaban J connectivity index is 1.36. The van der Waals surface area contributed by atoms with E-state index in [9.17, 15) is 8.78 Å². The number of allylic oxidation sites excluding steroid dienone is 2. The highest BCUT2D eigenvalue weighted by Crippen LogP contribution is 2.36. The van der Waals surface area contributed by atoms with Crippen LogP contribution >= 0.6 is 0 Å². The van der Waals surface area contributed by atoms with Crippen LogP contribution in [0.4, 0.5) is 8.78 Å². The number of hydrogen-bond donors (Lipinski definition) is 0. The predicted molar refractivity (Wildman–Crippen MR) is 97.6 cm³/mol. The van der Waals surface area contributed by atoms with Crippen LogP contribution in [0.1, 0.15) is 62.8 Å². The van der Waals surface area contributed by atoms with Crippen molar-refractivity contribution in [2.45, 2.75) is 63.4 Å². The molecule has 1 aromatic carbocycles. The molecule has 1 aromatic rings. The zero-order chi connectivity index (χ0) is 18.4. The molecule has 0 unspecified atom stereocenters. The first-order valence-electron chi connectivity index (χ1n) is 9.78. The maximum absolute atomic E-state index is 13.0. The highest BCUT2D eigenvalue weighted by Gasteiger charge is 2.25. The van der Waals surface area contributed by atoms with E-state index in [4.69, 9.17) is 10.00 Å². The van der Waals surface area contributed by atoms with E-state index in [0.29, 0.717) is 11.8 Å². The summed E-state index contributed by atoms with van der Waals surface area (Å²) in [5.41, 5.74) is 1.25. The topological polar surface area (TPSA) is 33.0 Å². The monoisotopic (exact) mass is 359 g/mol. The minimum Gasteiger partial charge on any atom is -0.378 e. The molecule has 0 aliphatic heterocycles. The molecule has 0 aromatic heterocycles. The van der Waals surface area contributed by atoms with Gasteiger partial charge in [0.2, 0.25) is 0 Å². The first-order valence-corrected chi connectivity index (χ1v) is 9.78. The molecule has 2 fully saturated rings. The summed E-state index contributed by atoms with van der Waals surface area (Å²) in [5, 5.41) is 8.51. The largest absolute Gasteiger partial charge is 0.378 e. The van der Waals surface area contributed by atoms with E-state index in [-0.39, 0.29) is 17.8 Å². The lowest BCUT2D eigenvalue weighted by Crippen LogP contribution is -2.25. The lowest BCUT2D eigenvalue weighted by Gasteiger charge is -2.32. The molecule has 4 heteroatoms. The second kappa shape index (κ2) is 9.28. The van der Waals surface area contributed by atoms with Gasteiger partial charge in [-0.15, -0.1) is 0 Å². The number of nitrogens with zero attached hydrogens (tertiary/aromatic N) is 1. The molecular formula is C22H27F2NO. The van der Waals surface area contributed by atoms with Gasteiger partial charge in [0.15, 0.2) is 5.83 Å². The molecule has 2 aliphatic carbocycles. The van der Waals surface area contributed by atoms with Gasteiger partial charge < -0.3 is 4.74 Å². The Bertz CT molecular complexity index is 633. The third kappa shape index (κ3) is 5.38. The summed E-state index contributed by atoms with van der Waals surface area (Å²) in [6, 6.07) is 8.49. The zero-order valence-corrected chi connectivity index (χ0v) is 15.2. The van der Waals surface area contributed by atoms with Gasteiger partial charge in [0.1, 0.15) is 11.9 Å². The van der Waals surface area contributed by atoms with E-state index >= 15 is 0 Å². The first kappa shape index (κ1) is 19.0. The quantitative estimate of drug-likeness (QED) is 0.599. The van der Waals surface area contributed by atoms with Crippen molar-refractivity contribution >= 4 is 0 Å².